The number of benzene rings is 1. The zero-order chi connectivity index (χ0) is 15.6. The van der Waals surface area contributed by atoms with Crippen LogP contribution in [0.4, 0.5) is 0 Å². The Balaban J connectivity index is 0.00000242. The smallest absolute Gasteiger partial charge is 0.249 e. The zero-order valence-electron chi connectivity index (χ0n) is 12.4. The molecule has 1 aromatic carbocycles. The first-order valence-corrected chi connectivity index (χ1v) is 8.46. The van der Waals surface area contributed by atoms with Crippen molar-refractivity contribution >= 4 is 28.3 Å². The molecule has 1 aliphatic carbocycles. The van der Waals surface area contributed by atoms with E-state index in [0.29, 0.717) is 5.56 Å². The molecule has 124 valence electrons. The number of aryl methyl sites for hydroxylation is 1. The largest absolute Gasteiger partial charge is 0.366 e. The molecule has 1 aliphatic rings. The highest BCUT2D eigenvalue weighted by Gasteiger charge is 2.25. The summed E-state index contributed by atoms with van der Waals surface area (Å²) in [6, 6.07) is 4.46. The second-order valence-electron chi connectivity index (χ2n) is 5.57. The van der Waals surface area contributed by atoms with Crippen molar-refractivity contribution in [2.24, 2.45) is 11.5 Å². The van der Waals surface area contributed by atoms with E-state index in [1.54, 1.807) is 13.0 Å². The van der Waals surface area contributed by atoms with Gasteiger partial charge in [-0.05, 0) is 50.3 Å². The third kappa shape index (κ3) is 4.42. The molecular weight excluding hydrogens is 326 g/mol. The molecule has 0 bridgehead atoms. The van der Waals surface area contributed by atoms with Crippen molar-refractivity contribution in [1.29, 1.82) is 0 Å². The molecule has 22 heavy (non-hydrogen) atoms. The maximum atomic E-state index is 12.4. The van der Waals surface area contributed by atoms with Gasteiger partial charge in [0.2, 0.25) is 15.9 Å². The van der Waals surface area contributed by atoms with Gasteiger partial charge in [0.25, 0.3) is 0 Å². The van der Waals surface area contributed by atoms with E-state index >= 15 is 0 Å². The highest BCUT2D eigenvalue weighted by molar-refractivity contribution is 7.89. The van der Waals surface area contributed by atoms with Crippen molar-refractivity contribution in [3.63, 3.8) is 0 Å². The quantitative estimate of drug-likeness (QED) is 0.755. The van der Waals surface area contributed by atoms with Crippen LogP contribution < -0.4 is 16.2 Å². The van der Waals surface area contributed by atoms with Crippen LogP contribution in [0.1, 0.15) is 41.6 Å². The fourth-order valence-corrected chi connectivity index (χ4v) is 3.89. The van der Waals surface area contributed by atoms with Gasteiger partial charge in [0.15, 0.2) is 0 Å². The Hall–Kier alpha value is -1.15. The summed E-state index contributed by atoms with van der Waals surface area (Å²) in [6.45, 7) is 1.71. The first-order chi connectivity index (χ1) is 9.79. The molecule has 1 fully saturated rings. The van der Waals surface area contributed by atoms with E-state index in [0.717, 1.165) is 25.7 Å². The van der Waals surface area contributed by atoms with E-state index in [2.05, 4.69) is 4.72 Å². The van der Waals surface area contributed by atoms with Crippen molar-refractivity contribution in [2.75, 3.05) is 0 Å². The minimum atomic E-state index is -3.65. The van der Waals surface area contributed by atoms with Gasteiger partial charge in [0, 0.05) is 17.6 Å². The summed E-state index contributed by atoms with van der Waals surface area (Å²) >= 11 is 0. The summed E-state index contributed by atoms with van der Waals surface area (Å²) in [5.41, 5.74) is 12.0. The van der Waals surface area contributed by atoms with Crippen LogP contribution in [0, 0.1) is 6.92 Å². The molecule has 1 amide bonds. The molecule has 1 saturated carbocycles. The summed E-state index contributed by atoms with van der Waals surface area (Å²) in [5.74, 6) is -0.631. The van der Waals surface area contributed by atoms with Crippen LogP contribution in [0.2, 0.25) is 0 Å². The van der Waals surface area contributed by atoms with Gasteiger partial charge in [0.05, 0.1) is 4.90 Å². The summed E-state index contributed by atoms with van der Waals surface area (Å²) in [6.07, 6.45) is 3.09. The fraction of sp³-hybridized carbons (Fsp3) is 0.500. The monoisotopic (exact) mass is 347 g/mol. The summed E-state index contributed by atoms with van der Waals surface area (Å²) < 4.78 is 27.4. The van der Waals surface area contributed by atoms with Gasteiger partial charge in [-0.1, -0.05) is 6.07 Å². The summed E-state index contributed by atoms with van der Waals surface area (Å²) in [5, 5.41) is 0. The maximum Gasteiger partial charge on any atom is 0.249 e. The Morgan fingerprint density at radius 3 is 2.36 bits per heavy atom. The molecule has 8 heteroatoms. The topological polar surface area (TPSA) is 115 Å². The maximum absolute atomic E-state index is 12.4. The average Bonchev–Trinajstić information content (AvgIpc) is 2.41. The van der Waals surface area contributed by atoms with Crippen molar-refractivity contribution in [1.82, 2.24) is 4.72 Å². The van der Waals surface area contributed by atoms with Gasteiger partial charge < -0.3 is 11.5 Å². The number of hydrogen-bond donors (Lipinski definition) is 3. The molecule has 0 atom stereocenters. The number of rotatable bonds is 4. The number of sulfonamides is 1. The number of carbonyl (C=O) groups is 1. The number of halogens is 1. The molecule has 5 N–H and O–H groups in total. The molecule has 0 aliphatic heterocycles. The number of hydrogen-bond acceptors (Lipinski definition) is 4. The molecule has 6 nitrogen and oxygen atoms in total. The lowest BCUT2D eigenvalue weighted by atomic mass is 9.93. The van der Waals surface area contributed by atoms with E-state index < -0.39 is 15.9 Å². The highest BCUT2D eigenvalue weighted by atomic mass is 35.5. The van der Waals surface area contributed by atoms with Crippen LogP contribution in [0.15, 0.2) is 23.1 Å². The normalized spacial score (nSPS) is 21.9. The minimum absolute atomic E-state index is 0. The Kier molecular flexibility index (Phi) is 6.37. The predicted molar refractivity (Wildman–Crippen MR) is 87.5 cm³/mol. The van der Waals surface area contributed by atoms with Crippen LogP contribution in [0.5, 0.6) is 0 Å². The van der Waals surface area contributed by atoms with E-state index in [4.69, 9.17) is 11.5 Å². The Morgan fingerprint density at radius 2 is 1.82 bits per heavy atom. The fourth-order valence-electron chi connectivity index (χ4n) is 2.56. The van der Waals surface area contributed by atoms with Crippen LogP contribution in [-0.4, -0.2) is 26.4 Å². The molecule has 1 aromatic rings. The molecular formula is C14H22ClN3O3S. The zero-order valence-corrected chi connectivity index (χ0v) is 14.0. The van der Waals surface area contributed by atoms with Gasteiger partial charge in [-0.3, -0.25) is 4.79 Å². The number of carbonyl (C=O) groups excluding carboxylic acids is 1. The van der Waals surface area contributed by atoms with Crippen LogP contribution in [0.3, 0.4) is 0 Å². The lowest BCUT2D eigenvalue weighted by Crippen LogP contribution is -2.40. The Labute approximate surface area is 137 Å². The van der Waals surface area contributed by atoms with Crippen molar-refractivity contribution in [3.8, 4) is 0 Å². The van der Waals surface area contributed by atoms with Crippen molar-refractivity contribution in [3.05, 3.63) is 29.3 Å². The molecule has 0 heterocycles. The second-order valence-corrected chi connectivity index (χ2v) is 7.29. The van der Waals surface area contributed by atoms with Crippen LogP contribution in [0.25, 0.3) is 0 Å². The average molecular weight is 348 g/mol. The molecule has 0 radical (unpaired) electrons. The van der Waals surface area contributed by atoms with Gasteiger partial charge in [-0.25, -0.2) is 13.1 Å². The Bertz CT molecular complexity index is 641. The lowest BCUT2D eigenvalue weighted by Gasteiger charge is -2.26. The molecule has 0 aromatic heterocycles. The highest BCUT2D eigenvalue weighted by Crippen LogP contribution is 2.21. The standard InChI is InChI=1S/C14H21N3O3S.ClH/c1-9-2-7-12(8-13(9)14(16)18)21(19,20)17-11-5-3-10(15)4-6-11;/h2,7-8,10-11,17H,3-6,15H2,1H3,(H2,16,18);1H. The first kappa shape index (κ1) is 18.9. The number of nitrogens with one attached hydrogen (secondary N) is 1. The third-order valence-electron chi connectivity index (χ3n) is 3.88. The second kappa shape index (κ2) is 7.41. The molecule has 0 spiro atoms. The van der Waals surface area contributed by atoms with Crippen molar-refractivity contribution < 1.29 is 13.2 Å². The van der Waals surface area contributed by atoms with E-state index in [-0.39, 0.29) is 34.9 Å². The van der Waals surface area contributed by atoms with E-state index in [1.165, 1.54) is 12.1 Å². The van der Waals surface area contributed by atoms with Gasteiger partial charge in [0.1, 0.15) is 0 Å². The molecule has 0 unspecified atom stereocenters. The van der Waals surface area contributed by atoms with Crippen LogP contribution in [-0.2, 0) is 10.0 Å². The number of amides is 1. The molecule has 0 saturated heterocycles. The lowest BCUT2D eigenvalue weighted by molar-refractivity contribution is 0.0999. The van der Waals surface area contributed by atoms with Crippen molar-refractivity contribution in [2.45, 2.75) is 49.6 Å². The minimum Gasteiger partial charge on any atom is -0.366 e. The molecule has 2 rings (SSSR count). The third-order valence-corrected chi connectivity index (χ3v) is 5.40. The number of nitrogens with two attached hydrogens (primary N) is 2. The van der Waals surface area contributed by atoms with E-state index in [9.17, 15) is 13.2 Å². The SMILES string of the molecule is Cc1ccc(S(=O)(=O)NC2CCC(N)CC2)cc1C(N)=O.Cl. The summed E-state index contributed by atoms with van der Waals surface area (Å²) in [7, 11) is -3.65. The first-order valence-electron chi connectivity index (χ1n) is 6.98. The summed E-state index contributed by atoms with van der Waals surface area (Å²) in [4.78, 5) is 11.4. The predicted octanol–water partition coefficient (Wildman–Crippen LogP) is 1.06. The van der Waals surface area contributed by atoms with E-state index in [1.807, 2.05) is 0 Å². The van der Waals surface area contributed by atoms with Gasteiger partial charge in [-0.15, -0.1) is 12.4 Å². The van der Waals surface area contributed by atoms with Crippen LogP contribution >= 0.6 is 12.4 Å². The number of primary amides is 1. The van der Waals surface area contributed by atoms with Gasteiger partial charge in [-0.2, -0.15) is 0 Å². The Morgan fingerprint density at radius 1 is 1.23 bits per heavy atom. The van der Waals surface area contributed by atoms with Gasteiger partial charge >= 0.3 is 0 Å².